The van der Waals surface area contributed by atoms with Gasteiger partial charge >= 0.3 is 6.03 Å². The third-order valence-electron chi connectivity index (χ3n) is 4.65. The van der Waals surface area contributed by atoms with Gasteiger partial charge in [-0.05, 0) is 12.1 Å². The second-order valence-corrected chi connectivity index (χ2v) is 6.44. The highest BCUT2D eigenvalue weighted by molar-refractivity contribution is 5.74. The maximum absolute atomic E-state index is 14.0. The van der Waals surface area contributed by atoms with E-state index < -0.39 is 6.10 Å². The number of rotatable bonds is 4. The van der Waals surface area contributed by atoms with Crippen LogP contribution in [0.15, 0.2) is 61.3 Å². The largest absolute Gasteiger partial charge is 0.370 e. The summed E-state index contributed by atoms with van der Waals surface area (Å²) in [6.45, 7) is 1.44. The summed E-state index contributed by atoms with van der Waals surface area (Å²) in [5.74, 6) is 0.390. The van der Waals surface area contributed by atoms with Gasteiger partial charge in [-0.1, -0.05) is 24.3 Å². The van der Waals surface area contributed by atoms with Crippen LogP contribution in [0.25, 0.3) is 5.82 Å². The molecule has 0 radical (unpaired) electrons. The summed E-state index contributed by atoms with van der Waals surface area (Å²) in [6.07, 6.45) is 6.36. The Morgan fingerprint density at radius 3 is 2.96 bits per heavy atom. The molecule has 3 heterocycles. The fourth-order valence-electron chi connectivity index (χ4n) is 3.23. The number of ether oxygens (including phenoxy) is 1. The Morgan fingerprint density at radius 2 is 2.14 bits per heavy atom. The Morgan fingerprint density at radius 1 is 1.25 bits per heavy atom. The summed E-state index contributed by atoms with van der Waals surface area (Å²) in [7, 11) is 0. The van der Waals surface area contributed by atoms with E-state index in [1.165, 1.54) is 6.07 Å². The minimum atomic E-state index is -0.472. The second-order valence-electron chi connectivity index (χ2n) is 6.44. The number of hydrogen-bond donors (Lipinski definition) is 1. The van der Waals surface area contributed by atoms with Crippen LogP contribution in [-0.4, -0.2) is 45.2 Å². The lowest BCUT2D eigenvalue weighted by Gasteiger charge is -2.33. The van der Waals surface area contributed by atoms with Crippen LogP contribution in [0.2, 0.25) is 0 Å². The van der Waals surface area contributed by atoms with Crippen molar-refractivity contribution in [2.45, 2.75) is 12.6 Å². The van der Waals surface area contributed by atoms with E-state index in [0.717, 1.165) is 5.56 Å². The first-order valence-electron chi connectivity index (χ1n) is 9.03. The molecular formula is C20H20FN5O2. The van der Waals surface area contributed by atoms with Gasteiger partial charge in [0.05, 0.1) is 13.2 Å². The van der Waals surface area contributed by atoms with Crippen LogP contribution in [0.1, 0.15) is 17.2 Å². The number of imidazole rings is 1. The topological polar surface area (TPSA) is 72.3 Å². The van der Waals surface area contributed by atoms with Gasteiger partial charge in [-0.25, -0.2) is 19.2 Å². The van der Waals surface area contributed by atoms with E-state index in [2.05, 4.69) is 15.3 Å². The maximum atomic E-state index is 14.0. The summed E-state index contributed by atoms with van der Waals surface area (Å²) in [4.78, 5) is 22.7. The standard InChI is InChI=1S/C20H20FN5O2/c21-17-6-2-1-5-16(17)18-13-25(10-11-28-18)20(27)24-12-15-4-3-7-23-19(15)26-9-8-22-14-26/h1-9,14,18H,10-13H2,(H,24,27). The van der Waals surface area contributed by atoms with Gasteiger partial charge in [0, 0.05) is 42.8 Å². The number of aromatic nitrogens is 3. The first kappa shape index (κ1) is 18.1. The average Bonchev–Trinajstić information content (AvgIpc) is 3.27. The van der Waals surface area contributed by atoms with Crippen LogP contribution < -0.4 is 5.32 Å². The van der Waals surface area contributed by atoms with Crippen molar-refractivity contribution in [2.75, 3.05) is 19.7 Å². The summed E-state index contributed by atoms with van der Waals surface area (Å²) in [6, 6.07) is 10.0. The van der Waals surface area contributed by atoms with Crippen LogP contribution in [0.3, 0.4) is 0 Å². The zero-order valence-electron chi connectivity index (χ0n) is 15.2. The van der Waals surface area contributed by atoms with E-state index in [4.69, 9.17) is 4.74 Å². The van der Waals surface area contributed by atoms with Gasteiger partial charge in [0.15, 0.2) is 0 Å². The summed E-state index contributed by atoms with van der Waals surface area (Å²) in [5.41, 5.74) is 1.34. The molecule has 1 N–H and O–H groups in total. The van der Waals surface area contributed by atoms with Crippen molar-refractivity contribution < 1.29 is 13.9 Å². The van der Waals surface area contributed by atoms with E-state index in [-0.39, 0.29) is 11.8 Å². The maximum Gasteiger partial charge on any atom is 0.317 e. The molecule has 1 aliphatic heterocycles. The number of morpholine rings is 1. The molecule has 3 aromatic rings. The van der Waals surface area contributed by atoms with Crippen molar-refractivity contribution in [1.29, 1.82) is 0 Å². The Labute approximate surface area is 161 Å². The molecule has 7 nitrogen and oxygen atoms in total. The predicted octanol–water partition coefficient (Wildman–Crippen LogP) is 2.69. The van der Waals surface area contributed by atoms with Crippen LogP contribution in [0.5, 0.6) is 0 Å². The molecule has 144 valence electrons. The van der Waals surface area contributed by atoms with E-state index in [0.29, 0.717) is 37.6 Å². The minimum Gasteiger partial charge on any atom is -0.370 e. The van der Waals surface area contributed by atoms with Gasteiger partial charge in [-0.3, -0.25) is 4.57 Å². The fraction of sp³-hybridized carbons (Fsp3) is 0.250. The number of pyridine rings is 1. The number of carbonyl (C=O) groups is 1. The predicted molar refractivity (Wildman–Crippen MR) is 100 cm³/mol. The van der Waals surface area contributed by atoms with Gasteiger partial charge in [0.1, 0.15) is 24.1 Å². The molecule has 1 saturated heterocycles. The molecule has 1 aliphatic rings. The number of benzene rings is 1. The molecule has 2 amide bonds. The first-order valence-corrected chi connectivity index (χ1v) is 9.03. The summed E-state index contributed by atoms with van der Waals surface area (Å²) < 4.78 is 21.5. The zero-order chi connectivity index (χ0) is 19.3. The van der Waals surface area contributed by atoms with E-state index in [1.54, 1.807) is 52.6 Å². The van der Waals surface area contributed by atoms with Crippen molar-refractivity contribution in [3.05, 3.63) is 78.3 Å². The SMILES string of the molecule is O=C(NCc1cccnc1-n1ccnc1)N1CCOC(c2ccccc2F)C1. The van der Waals surface area contributed by atoms with Gasteiger partial charge in [0.2, 0.25) is 0 Å². The van der Waals surface area contributed by atoms with Gasteiger partial charge < -0.3 is 15.0 Å². The lowest BCUT2D eigenvalue weighted by atomic mass is 10.1. The van der Waals surface area contributed by atoms with Crippen LogP contribution >= 0.6 is 0 Å². The number of nitrogens with one attached hydrogen (secondary N) is 1. The molecule has 0 spiro atoms. The third-order valence-corrected chi connectivity index (χ3v) is 4.65. The number of amides is 2. The number of nitrogens with zero attached hydrogens (tertiary/aromatic N) is 4. The normalized spacial score (nSPS) is 16.8. The number of urea groups is 1. The van der Waals surface area contributed by atoms with E-state index in [1.807, 2.05) is 12.1 Å². The number of halogens is 1. The Balaban J connectivity index is 1.41. The smallest absolute Gasteiger partial charge is 0.317 e. The molecule has 8 heteroatoms. The highest BCUT2D eigenvalue weighted by atomic mass is 19.1. The van der Waals surface area contributed by atoms with Crippen molar-refractivity contribution >= 4 is 6.03 Å². The van der Waals surface area contributed by atoms with Gasteiger partial charge in [-0.2, -0.15) is 0 Å². The molecule has 4 rings (SSSR count). The molecule has 0 bridgehead atoms. The number of carbonyl (C=O) groups excluding carboxylic acids is 1. The van der Waals surface area contributed by atoms with Crippen LogP contribution in [-0.2, 0) is 11.3 Å². The van der Waals surface area contributed by atoms with Crippen molar-refractivity contribution in [3.8, 4) is 5.82 Å². The van der Waals surface area contributed by atoms with Crippen molar-refractivity contribution in [2.24, 2.45) is 0 Å². The average molecular weight is 381 g/mol. The highest BCUT2D eigenvalue weighted by Gasteiger charge is 2.27. The quantitative estimate of drug-likeness (QED) is 0.754. The molecule has 2 aromatic heterocycles. The molecule has 1 fully saturated rings. The van der Waals surface area contributed by atoms with E-state index >= 15 is 0 Å². The zero-order valence-corrected chi connectivity index (χ0v) is 15.2. The van der Waals surface area contributed by atoms with Crippen LogP contribution in [0, 0.1) is 5.82 Å². The van der Waals surface area contributed by atoms with Crippen LogP contribution in [0.4, 0.5) is 9.18 Å². The first-order chi connectivity index (χ1) is 13.7. The molecule has 0 saturated carbocycles. The molecule has 1 aromatic carbocycles. The summed E-state index contributed by atoms with van der Waals surface area (Å²) in [5, 5.41) is 2.92. The number of hydrogen-bond acceptors (Lipinski definition) is 4. The molecule has 28 heavy (non-hydrogen) atoms. The Kier molecular flexibility index (Phi) is 5.29. The van der Waals surface area contributed by atoms with Gasteiger partial charge in [0.25, 0.3) is 0 Å². The Hall–Kier alpha value is -3.26. The van der Waals surface area contributed by atoms with E-state index in [9.17, 15) is 9.18 Å². The minimum absolute atomic E-state index is 0.218. The molecule has 0 aliphatic carbocycles. The molecule has 1 atom stereocenters. The second kappa shape index (κ2) is 8.18. The highest BCUT2D eigenvalue weighted by Crippen LogP contribution is 2.24. The fourth-order valence-corrected chi connectivity index (χ4v) is 3.23. The van der Waals surface area contributed by atoms with Crippen molar-refractivity contribution in [1.82, 2.24) is 24.8 Å². The summed E-state index contributed by atoms with van der Waals surface area (Å²) >= 11 is 0. The molecular weight excluding hydrogens is 361 g/mol. The lowest BCUT2D eigenvalue weighted by Crippen LogP contribution is -2.47. The monoisotopic (exact) mass is 381 g/mol. The van der Waals surface area contributed by atoms with Crippen molar-refractivity contribution in [3.63, 3.8) is 0 Å². The third kappa shape index (κ3) is 3.86. The Bertz CT molecular complexity index is 947. The van der Waals surface area contributed by atoms with Gasteiger partial charge in [-0.15, -0.1) is 0 Å². The molecule has 1 unspecified atom stereocenters. The lowest BCUT2D eigenvalue weighted by molar-refractivity contribution is -0.0171.